The number of aryl methyl sites for hydroxylation is 3. The minimum absolute atomic E-state index is 0.0124. The van der Waals surface area contributed by atoms with Gasteiger partial charge in [-0.1, -0.05) is 454 Å². The van der Waals surface area contributed by atoms with Gasteiger partial charge in [0.15, 0.2) is 0 Å². The van der Waals surface area contributed by atoms with E-state index in [9.17, 15) is 0 Å². The Morgan fingerprint density at radius 2 is 0.417 bits per heavy atom. The molecule has 722 valence electrons. The Kier molecular flexibility index (Phi) is 36.0. The van der Waals surface area contributed by atoms with E-state index >= 15 is 0 Å². The Morgan fingerprint density at radius 1 is 0.201 bits per heavy atom. The number of para-hydroxylation sites is 3. The lowest BCUT2D eigenvalue weighted by molar-refractivity contribution is 0.397. The van der Waals surface area contributed by atoms with Crippen LogP contribution in [0.2, 0.25) is 0 Å². The van der Waals surface area contributed by atoms with E-state index in [2.05, 4.69) is 440 Å². The van der Waals surface area contributed by atoms with E-state index in [1.807, 2.05) is 0 Å². The molecule has 0 bridgehead atoms. The van der Waals surface area contributed by atoms with Crippen LogP contribution in [0.4, 0.5) is 51.2 Å². The van der Waals surface area contributed by atoms with Gasteiger partial charge in [-0.15, -0.1) is 0 Å². The summed E-state index contributed by atoms with van der Waals surface area (Å²) in [5, 5.41) is 0. The molecule has 3 aliphatic rings. The van der Waals surface area contributed by atoms with Crippen LogP contribution >= 0.6 is 0 Å². The molecule has 3 unspecified atom stereocenters. The first-order valence-electron chi connectivity index (χ1n) is 54.7. The summed E-state index contributed by atoms with van der Waals surface area (Å²) in [5.74, 6) is 1.74. The van der Waals surface area contributed by atoms with Crippen LogP contribution in [-0.2, 0) is 16.2 Å². The first-order valence-corrected chi connectivity index (χ1v) is 54.7. The van der Waals surface area contributed by atoms with Gasteiger partial charge >= 0.3 is 0 Å². The SMILES string of the molecule is CCC(C)c1ccc2c(c1)C(C)(C)c1cc(-c3ccc(N(c4ccccc4)c4ccccc4)cc3)ccc1-2.CCCCCCCCC1(CCCCCCCC)c2cc(-c3ccc(N(c4ccc(C)cc4)c4ccc(C)cc4)cc3)ccc2-c2ccc(C(C)CC)cc21.CCCCCCCCC1(CCCCCCCC)c2cc(C(C)CC)ccc2-c2ccc(N(c3ccccc3)c3ccc(C)cc3)cc21. The van der Waals surface area contributed by atoms with Crippen molar-refractivity contribution in [3.8, 4) is 55.6 Å². The molecule has 3 atom stereocenters. The molecule has 0 aliphatic heterocycles. The minimum Gasteiger partial charge on any atom is -0.311 e. The maximum atomic E-state index is 2.65. The molecule has 0 N–H and O–H groups in total. The van der Waals surface area contributed by atoms with E-state index in [1.54, 1.807) is 22.3 Å². The maximum Gasteiger partial charge on any atom is 0.0465 e. The van der Waals surface area contributed by atoms with Gasteiger partial charge in [0.05, 0.1) is 0 Å². The smallest absolute Gasteiger partial charge is 0.0465 e. The standard InChI is InChI=1S/C53H67N.C46H61N.C37H35N/c1-7-10-12-14-16-18-36-53(37-19-17-15-13-11-8-2)51-38-44(42(6)9-3)26-34-49(51)50-35-27-45(39-52(50)53)43-24-32-48(33-25-43)54(46-28-20-40(4)21-29-46)47-30-22-41(5)23-31-47;1-6-9-11-13-15-20-32-46(33-21-16-14-12-10-7-2)44-34-38(37(5)8-3)26-30-42(44)43-31-29-41(35-45(43)46)47(39-22-18-17-19-23-39)40-27-24-36(4)25-28-40;1-5-26(2)28-18-22-33-34-23-19-29(25-36(34)37(3,4)35(33)24-28)27-16-20-32(21-17-27)38(30-12-8-6-9-13-30)31-14-10-7-11-15-31/h20-35,38-39,42H,7-19,36-37H2,1-6H3;17-19,22-31,34-35,37H,6-16,20-21,32-33H2,1-5H3;6-26H,5H2,1-4H3. The molecule has 17 rings (SSSR count). The summed E-state index contributed by atoms with van der Waals surface area (Å²) in [6.45, 7) is 34.6. The van der Waals surface area contributed by atoms with E-state index in [0.717, 1.165) is 23.5 Å². The van der Waals surface area contributed by atoms with E-state index < -0.39 is 0 Å². The summed E-state index contributed by atoms with van der Waals surface area (Å²) in [6.07, 6.45) is 40.7. The van der Waals surface area contributed by atoms with Crippen molar-refractivity contribution >= 4 is 51.2 Å². The summed E-state index contributed by atoms with van der Waals surface area (Å²) >= 11 is 0. The van der Waals surface area contributed by atoms with Gasteiger partial charge in [-0.05, 0) is 311 Å². The first kappa shape index (κ1) is 102. The Hall–Kier alpha value is -11.5. The maximum absolute atomic E-state index is 2.65. The van der Waals surface area contributed by atoms with Crippen LogP contribution in [0.15, 0.2) is 322 Å². The Balaban J connectivity index is 0.000000160. The van der Waals surface area contributed by atoms with Crippen molar-refractivity contribution in [2.45, 2.75) is 337 Å². The zero-order valence-electron chi connectivity index (χ0n) is 87.6. The van der Waals surface area contributed by atoms with Crippen LogP contribution in [-0.4, -0.2) is 0 Å². The van der Waals surface area contributed by atoms with Crippen LogP contribution < -0.4 is 14.7 Å². The van der Waals surface area contributed by atoms with Crippen molar-refractivity contribution in [1.82, 2.24) is 0 Å². The Bertz CT molecular complexity index is 6060. The van der Waals surface area contributed by atoms with Gasteiger partial charge in [0.25, 0.3) is 0 Å². The zero-order chi connectivity index (χ0) is 97.3. The van der Waals surface area contributed by atoms with Gasteiger partial charge in [0.2, 0.25) is 0 Å². The lowest BCUT2D eigenvalue weighted by Gasteiger charge is -2.34. The predicted octanol–water partition coefficient (Wildman–Crippen LogP) is 42.1. The topological polar surface area (TPSA) is 9.72 Å². The normalized spacial score (nSPS) is 13.7. The number of hydrogen-bond acceptors (Lipinski definition) is 3. The fourth-order valence-electron chi connectivity index (χ4n) is 22.8. The molecule has 0 fully saturated rings. The lowest BCUT2D eigenvalue weighted by atomic mass is 9.69. The van der Waals surface area contributed by atoms with Crippen molar-refractivity contribution in [3.63, 3.8) is 0 Å². The molecule has 0 spiro atoms. The van der Waals surface area contributed by atoms with E-state index in [-0.39, 0.29) is 16.2 Å². The van der Waals surface area contributed by atoms with Crippen LogP contribution in [0.1, 0.15) is 367 Å². The molecule has 14 aromatic rings. The summed E-state index contributed by atoms with van der Waals surface area (Å²) < 4.78 is 0. The van der Waals surface area contributed by atoms with Gasteiger partial charge in [0.1, 0.15) is 0 Å². The van der Waals surface area contributed by atoms with Crippen molar-refractivity contribution in [2.24, 2.45) is 0 Å². The molecule has 3 heteroatoms. The molecule has 3 nitrogen and oxygen atoms in total. The van der Waals surface area contributed by atoms with Gasteiger partial charge in [-0.2, -0.15) is 0 Å². The molecular weight excluding hydrogens is 1680 g/mol. The van der Waals surface area contributed by atoms with Crippen LogP contribution in [0, 0.1) is 20.8 Å². The monoisotopic (exact) mass is 1840 g/mol. The highest BCUT2D eigenvalue weighted by Crippen LogP contribution is 2.59. The third-order valence-corrected chi connectivity index (χ3v) is 31.9. The number of benzene rings is 14. The molecule has 139 heavy (non-hydrogen) atoms. The molecule has 0 amide bonds. The van der Waals surface area contributed by atoms with Gasteiger partial charge in [-0.3, -0.25) is 0 Å². The molecule has 3 aliphatic carbocycles. The number of hydrogen-bond donors (Lipinski definition) is 0. The van der Waals surface area contributed by atoms with Crippen molar-refractivity contribution in [3.05, 3.63) is 388 Å². The van der Waals surface area contributed by atoms with E-state index in [4.69, 9.17) is 0 Å². The first-order chi connectivity index (χ1) is 67.9. The number of rotatable bonds is 45. The second kappa shape index (κ2) is 49.1. The van der Waals surface area contributed by atoms with Gasteiger partial charge < -0.3 is 14.7 Å². The molecule has 0 aromatic heterocycles. The van der Waals surface area contributed by atoms with Crippen LogP contribution in [0.25, 0.3) is 55.6 Å². The molecule has 0 radical (unpaired) electrons. The highest BCUT2D eigenvalue weighted by molar-refractivity contribution is 5.90. The highest BCUT2D eigenvalue weighted by atomic mass is 15.2. The fourth-order valence-corrected chi connectivity index (χ4v) is 22.8. The zero-order valence-corrected chi connectivity index (χ0v) is 87.6. The fraction of sp³-hybridized carbons (Fsp3) is 0.382. The number of fused-ring (bicyclic) bond motifs is 9. The van der Waals surface area contributed by atoms with Gasteiger partial charge in [0, 0.05) is 67.4 Å². The largest absolute Gasteiger partial charge is 0.311 e. The van der Waals surface area contributed by atoms with Crippen molar-refractivity contribution < 1.29 is 0 Å². The third kappa shape index (κ3) is 23.9. The predicted molar refractivity (Wildman–Crippen MR) is 607 cm³/mol. The van der Waals surface area contributed by atoms with Crippen LogP contribution in [0.3, 0.4) is 0 Å². The van der Waals surface area contributed by atoms with Crippen molar-refractivity contribution in [1.29, 1.82) is 0 Å². The molecule has 0 heterocycles. The Labute approximate surface area is 840 Å². The quantitative estimate of drug-likeness (QED) is 0.0352. The molecule has 0 saturated carbocycles. The van der Waals surface area contributed by atoms with Crippen molar-refractivity contribution in [2.75, 3.05) is 14.7 Å². The molecular formula is C136H163N3. The number of anilines is 9. The number of unbranched alkanes of at least 4 members (excludes halogenated alkanes) is 20. The average Bonchev–Trinajstić information content (AvgIpc) is 1.56. The third-order valence-electron chi connectivity index (χ3n) is 31.9. The summed E-state index contributed by atoms with van der Waals surface area (Å²) in [6, 6.07) is 121. The Morgan fingerprint density at radius 3 is 0.727 bits per heavy atom. The summed E-state index contributed by atoms with van der Waals surface area (Å²) in [7, 11) is 0. The summed E-state index contributed by atoms with van der Waals surface area (Å²) in [5.41, 5.74) is 42.2. The highest BCUT2D eigenvalue weighted by Gasteiger charge is 2.45. The van der Waals surface area contributed by atoms with E-state index in [1.165, 1.54) is 327 Å². The number of nitrogens with zero attached hydrogens (tertiary/aromatic N) is 3. The minimum atomic E-state index is -0.0124. The second-order valence-corrected chi connectivity index (χ2v) is 42.1. The van der Waals surface area contributed by atoms with E-state index in [0.29, 0.717) is 17.8 Å². The molecule has 0 saturated heterocycles. The lowest BCUT2D eigenvalue weighted by Crippen LogP contribution is -2.26. The molecule has 14 aromatic carbocycles. The van der Waals surface area contributed by atoms with Crippen LogP contribution in [0.5, 0.6) is 0 Å². The second-order valence-electron chi connectivity index (χ2n) is 42.1. The summed E-state index contributed by atoms with van der Waals surface area (Å²) in [4.78, 5) is 7.15. The van der Waals surface area contributed by atoms with Gasteiger partial charge in [-0.25, -0.2) is 0 Å². The average molecular weight is 1840 g/mol.